The minimum atomic E-state index is -2.52. The summed E-state index contributed by atoms with van der Waals surface area (Å²) in [5.74, 6) is -0.628. The van der Waals surface area contributed by atoms with Crippen molar-refractivity contribution in [2.75, 3.05) is 0 Å². The molecule has 0 heterocycles. The van der Waals surface area contributed by atoms with Crippen LogP contribution in [0.5, 0.6) is 0 Å². The van der Waals surface area contributed by atoms with E-state index >= 15 is 0 Å². The van der Waals surface area contributed by atoms with Crippen LogP contribution in [-0.4, -0.2) is 14.7 Å². The van der Waals surface area contributed by atoms with Crippen LogP contribution in [0.2, 0.25) is 0 Å². The lowest BCUT2D eigenvalue weighted by Gasteiger charge is -2.21. The molecule has 0 aliphatic carbocycles. The van der Waals surface area contributed by atoms with Crippen LogP contribution >= 0.6 is 0 Å². The molecule has 2 unspecified atom stereocenters. The van der Waals surface area contributed by atoms with Gasteiger partial charge in [-0.2, -0.15) is 0 Å². The Morgan fingerprint density at radius 1 is 1.22 bits per heavy atom. The van der Waals surface area contributed by atoms with Crippen molar-refractivity contribution in [2.45, 2.75) is 12.4 Å². The molecule has 0 N–H and O–H groups in total. The normalized spacial score (nSPS) is 14.1. The zero-order valence-electron chi connectivity index (χ0n) is 9.66. The molecule has 2 rings (SSSR count). The quantitative estimate of drug-likeness (QED) is 0.629. The first kappa shape index (κ1) is 12.7. The molecule has 2 aromatic carbocycles. The van der Waals surface area contributed by atoms with Crippen LogP contribution in [0.4, 0.5) is 0 Å². The highest BCUT2D eigenvalue weighted by Gasteiger charge is 2.17. The number of benzene rings is 2. The SMILES string of the molecule is CC(=O)OC(c1cccc2ccccc12)S(=O)[O-]. The molecule has 0 amide bonds. The van der Waals surface area contributed by atoms with Gasteiger partial charge in [0.15, 0.2) is 5.44 Å². The number of rotatable bonds is 3. The molecule has 0 fully saturated rings. The van der Waals surface area contributed by atoms with E-state index in [0.717, 1.165) is 10.8 Å². The smallest absolute Gasteiger partial charge is 0.304 e. The fraction of sp³-hybridized carbons (Fsp3) is 0.154. The Labute approximate surface area is 107 Å². The Bertz CT molecular complexity index is 603. The van der Waals surface area contributed by atoms with Crippen molar-refractivity contribution in [3.8, 4) is 0 Å². The highest BCUT2D eigenvalue weighted by atomic mass is 32.2. The van der Waals surface area contributed by atoms with E-state index < -0.39 is 22.5 Å². The van der Waals surface area contributed by atoms with Gasteiger partial charge < -0.3 is 9.29 Å². The van der Waals surface area contributed by atoms with Crippen LogP contribution in [0.1, 0.15) is 17.9 Å². The molecule has 0 aliphatic heterocycles. The molecule has 0 saturated carbocycles. The number of carbonyl (C=O) groups excluding carboxylic acids is 1. The van der Waals surface area contributed by atoms with Crippen molar-refractivity contribution in [3.05, 3.63) is 48.0 Å². The molecular formula is C13H11O4S-. The van der Waals surface area contributed by atoms with E-state index in [9.17, 15) is 13.6 Å². The first-order valence-corrected chi connectivity index (χ1v) is 6.46. The van der Waals surface area contributed by atoms with Crippen LogP contribution in [0.3, 0.4) is 0 Å². The topological polar surface area (TPSA) is 66.4 Å². The predicted octanol–water partition coefficient (Wildman–Crippen LogP) is 2.28. The lowest BCUT2D eigenvalue weighted by atomic mass is 10.1. The number of hydrogen-bond acceptors (Lipinski definition) is 4. The lowest BCUT2D eigenvalue weighted by Crippen LogP contribution is -2.13. The van der Waals surface area contributed by atoms with Gasteiger partial charge in [0.2, 0.25) is 0 Å². The third-order valence-electron chi connectivity index (χ3n) is 2.53. The summed E-state index contributed by atoms with van der Waals surface area (Å²) in [4.78, 5) is 11.0. The van der Waals surface area contributed by atoms with E-state index in [1.54, 1.807) is 18.2 Å². The van der Waals surface area contributed by atoms with Crippen molar-refractivity contribution in [1.29, 1.82) is 0 Å². The minimum absolute atomic E-state index is 0.469. The van der Waals surface area contributed by atoms with Crippen LogP contribution in [0, 0.1) is 0 Å². The van der Waals surface area contributed by atoms with E-state index in [1.807, 2.05) is 24.3 Å². The fourth-order valence-corrected chi connectivity index (χ4v) is 2.44. The van der Waals surface area contributed by atoms with Gasteiger partial charge in [0, 0.05) is 12.5 Å². The van der Waals surface area contributed by atoms with E-state index in [2.05, 4.69) is 0 Å². The van der Waals surface area contributed by atoms with Gasteiger partial charge in [-0.15, -0.1) is 0 Å². The number of fused-ring (bicyclic) bond motifs is 1. The summed E-state index contributed by atoms with van der Waals surface area (Å²) in [7, 11) is 0. The number of carbonyl (C=O) groups is 1. The largest absolute Gasteiger partial charge is 0.769 e. The second-order valence-electron chi connectivity index (χ2n) is 3.77. The molecule has 0 radical (unpaired) electrons. The third-order valence-corrected chi connectivity index (χ3v) is 3.22. The third kappa shape index (κ3) is 2.57. The van der Waals surface area contributed by atoms with E-state index in [0.29, 0.717) is 5.56 Å². The van der Waals surface area contributed by atoms with E-state index in [4.69, 9.17) is 4.74 Å². The molecule has 0 spiro atoms. The molecular weight excluding hydrogens is 252 g/mol. The van der Waals surface area contributed by atoms with Crippen LogP contribution < -0.4 is 0 Å². The van der Waals surface area contributed by atoms with Crippen molar-refractivity contribution in [2.24, 2.45) is 0 Å². The Kier molecular flexibility index (Phi) is 3.74. The highest BCUT2D eigenvalue weighted by Crippen LogP contribution is 2.28. The molecule has 94 valence electrons. The summed E-state index contributed by atoms with van der Waals surface area (Å²) in [5, 5.41) is 1.66. The summed E-state index contributed by atoms with van der Waals surface area (Å²) >= 11 is -2.52. The summed E-state index contributed by atoms with van der Waals surface area (Å²) in [6, 6.07) is 12.6. The predicted molar refractivity (Wildman–Crippen MR) is 67.4 cm³/mol. The second kappa shape index (κ2) is 5.29. The zero-order valence-corrected chi connectivity index (χ0v) is 10.5. The Morgan fingerprint density at radius 2 is 1.89 bits per heavy atom. The van der Waals surface area contributed by atoms with Crippen LogP contribution in [0.25, 0.3) is 10.8 Å². The summed E-state index contributed by atoms with van der Waals surface area (Å²) in [5.41, 5.74) is -0.801. The van der Waals surface area contributed by atoms with Crippen molar-refractivity contribution in [3.63, 3.8) is 0 Å². The van der Waals surface area contributed by atoms with Gasteiger partial charge in [0.1, 0.15) is 0 Å². The molecule has 0 aliphatic rings. The van der Waals surface area contributed by atoms with Crippen molar-refractivity contribution >= 4 is 27.8 Å². The molecule has 4 nitrogen and oxygen atoms in total. The molecule has 0 bridgehead atoms. The molecule has 0 saturated heterocycles. The molecule has 5 heteroatoms. The Morgan fingerprint density at radius 3 is 2.56 bits per heavy atom. The standard InChI is InChI=1S/C13H12O4S/c1-9(14)17-13(18(15)16)12-8-4-6-10-5-2-3-7-11(10)12/h2-8,13H,1H3,(H,15,16)/p-1. The van der Waals surface area contributed by atoms with Crippen molar-refractivity contribution in [1.82, 2.24) is 0 Å². The van der Waals surface area contributed by atoms with Crippen molar-refractivity contribution < 1.29 is 18.3 Å². The van der Waals surface area contributed by atoms with Gasteiger partial charge in [0.05, 0.1) is 0 Å². The van der Waals surface area contributed by atoms with Gasteiger partial charge in [-0.05, 0) is 21.9 Å². The average Bonchev–Trinajstić information content (AvgIpc) is 2.35. The maximum Gasteiger partial charge on any atom is 0.304 e. The molecule has 2 atom stereocenters. The Balaban J connectivity index is 2.57. The number of hydrogen-bond donors (Lipinski definition) is 0. The van der Waals surface area contributed by atoms with Crippen LogP contribution in [0.15, 0.2) is 42.5 Å². The van der Waals surface area contributed by atoms with E-state index in [-0.39, 0.29) is 0 Å². The molecule has 0 aromatic heterocycles. The summed E-state index contributed by atoms with van der Waals surface area (Å²) in [6.45, 7) is 1.19. The van der Waals surface area contributed by atoms with Gasteiger partial charge >= 0.3 is 5.97 Å². The van der Waals surface area contributed by atoms with Gasteiger partial charge in [-0.1, -0.05) is 42.5 Å². The van der Waals surface area contributed by atoms with Gasteiger partial charge in [-0.25, -0.2) is 0 Å². The van der Waals surface area contributed by atoms with Crippen LogP contribution in [-0.2, 0) is 20.6 Å². The highest BCUT2D eigenvalue weighted by molar-refractivity contribution is 7.79. The lowest BCUT2D eigenvalue weighted by molar-refractivity contribution is -0.143. The Hall–Kier alpha value is -1.72. The fourth-order valence-electron chi connectivity index (χ4n) is 1.81. The maximum atomic E-state index is 11.2. The second-order valence-corrected chi connectivity index (χ2v) is 4.72. The van der Waals surface area contributed by atoms with E-state index in [1.165, 1.54) is 6.92 Å². The minimum Gasteiger partial charge on any atom is -0.769 e. The molecule has 2 aromatic rings. The number of ether oxygens (including phenoxy) is 1. The van der Waals surface area contributed by atoms with Gasteiger partial charge in [-0.3, -0.25) is 9.00 Å². The zero-order chi connectivity index (χ0) is 13.1. The maximum absolute atomic E-state index is 11.2. The average molecular weight is 263 g/mol. The first-order chi connectivity index (χ1) is 8.59. The molecule has 18 heavy (non-hydrogen) atoms. The summed E-state index contributed by atoms with van der Waals surface area (Å²) in [6.07, 6.45) is 0. The first-order valence-electron chi connectivity index (χ1n) is 5.32. The monoisotopic (exact) mass is 263 g/mol. The number of esters is 1. The van der Waals surface area contributed by atoms with Gasteiger partial charge in [0.25, 0.3) is 0 Å². The summed E-state index contributed by atoms with van der Waals surface area (Å²) < 4.78 is 27.3.